The predicted molar refractivity (Wildman–Crippen MR) is 57.7 cm³/mol. The summed E-state index contributed by atoms with van der Waals surface area (Å²) in [6.45, 7) is 1.65. The van der Waals surface area contributed by atoms with Crippen LogP contribution in [0.4, 0.5) is 0 Å². The van der Waals surface area contributed by atoms with Gasteiger partial charge in [0.1, 0.15) is 0 Å². The van der Waals surface area contributed by atoms with Crippen molar-refractivity contribution in [3.05, 3.63) is 21.3 Å². The molecule has 0 spiro atoms. The van der Waals surface area contributed by atoms with Gasteiger partial charge in [-0.25, -0.2) is 0 Å². The molecule has 0 aliphatic heterocycles. The predicted octanol–water partition coefficient (Wildman–Crippen LogP) is 2.51. The zero-order valence-corrected chi connectivity index (χ0v) is 9.31. The van der Waals surface area contributed by atoms with Crippen molar-refractivity contribution in [1.82, 2.24) is 0 Å². The highest BCUT2D eigenvalue weighted by Gasteiger charge is 2.17. The summed E-state index contributed by atoms with van der Waals surface area (Å²) < 4.78 is 0.679. The minimum absolute atomic E-state index is 0.237. The molecule has 0 aliphatic carbocycles. The number of rotatable bonds is 4. The fraction of sp³-hybridized carbons (Fsp3) is 0.444. The molecule has 3 nitrogen and oxygen atoms in total. The topological polar surface area (TPSA) is 63.3 Å². The average molecular weight is 234 g/mol. The Labute approximate surface area is 91.5 Å². The van der Waals surface area contributed by atoms with Gasteiger partial charge in [-0.05, 0) is 18.6 Å². The number of halogens is 1. The lowest BCUT2D eigenvalue weighted by atomic mass is 10.0. The SMILES string of the molecule is CC(CC(N)c1ccc(Cl)s1)C(=O)O. The van der Waals surface area contributed by atoms with E-state index in [4.69, 9.17) is 22.4 Å². The first kappa shape index (κ1) is 11.5. The van der Waals surface area contributed by atoms with Crippen LogP contribution in [0.25, 0.3) is 0 Å². The molecule has 1 rings (SSSR count). The molecule has 78 valence electrons. The molecule has 1 heterocycles. The van der Waals surface area contributed by atoms with Gasteiger partial charge in [0.05, 0.1) is 10.3 Å². The maximum Gasteiger partial charge on any atom is 0.306 e. The Kier molecular flexibility index (Phi) is 3.92. The lowest BCUT2D eigenvalue weighted by molar-refractivity contribution is -0.141. The van der Waals surface area contributed by atoms with Gasteiger partial charge in [0, 0.05) is 10.9 Å². The quantitative estimate of drug-likeness (QED) is 0.840. The van der Waals surface area contributed by atoms with Gasteiger partial charge >= 0.3 is 5.97 Å². The van der Waals surface area contributed by atoms with Crippen molar-refractivity contribution in [2.24, 2.45) is 11.7 Å². The van der Waals surface area contributed by atoms with E-state index in [0.29, 0.717) is 10.8 Å². The summed E-state index contributed by atoms with van der Waals surface area (Å²) in [4.78, 5) is 11.5. The molecule has 0 saturated carbocycles. The van der Waals surface area contributed by atoms with Crippen molar-refractivity contribution in [3.63, 3.8) is 0 Å². The maximum atomic E-state index is 10.6. The number of aliphatic carboxylic acids is 1. The molecule has 0 amide bonds. The zero-order chi connectivity index (χ0) is 10.7. The van der Waals surface area contributed by atoms with Crippen molar-refractivity contribution in [2.75, 3.05) is 0 Å². The number of hydrogen-bond donors (Lipinski definition) is 2. The van der Waals surface area contributed by atoms with Crippen LogP contribution in [0.3, 0.4) is 0 Å². The second kappa shape index (κ2) is 4.77. The van der Waals surface area contributed by atoms with Crippen molar-refractivity contribution in [3.8, 4) is 0 Å². The summed E-state index contributed by atoms with van der Waals surface area (Å²) in [5, 5.41) is 8.70. The molecule has 0 aliphatic rings. The van der Waals surface area contributed by atoms with Crippen LogP contribution in [0, 0.1) is 5.92 Å². The molecule has 0 aromatic carbocycles. The number of thiophene rings is 1. The van der Waals surface area contributed by atoms with Gasteiger partial charge < -0.3 is 10.8 Å². The summed E-state index contributed by atoms with van der Waals surface area (Å²) in [5.74, 6) is -1.24. The largest absolute Gasteiger partial charge is 0.481 e. The molecule has 2 atom stereocenters. The fourth-order valence-electron chi connectivity index (χ4n) is 1.13. The first-order valence-corrected chi connectivity index (χ1v) is 5.43. The van der Waals surface area contributed by atoms with Gasteiger partial charge in [0.2, 0.25) is 0 Å². The Balaban J connectivity index is 2.58. The van der Waals surface area contributed by atoms with Gasteiger partial charge in [-0.3, -0.25) is 4.79 Å². The number of carboxylic acids is 1. The molecule has 14 heavy (non-hydrogen) atoms. The lowest BCUT2D eigenvalue weighted by Gasteiger charge is -2.12. The second-order valence-electron chi connectivity index (χ2n) is 3.22. The summed E-state index contributed by atoms with van der Waals surface area (Å²) in [5.41, 5.74) is 5.84. The summed E-state index contributed by atoms with van der Waals surface area (Å²) >= 11 is 7.15. The molecule has 0 bridgehead atoms. The van der Waals surface area contributed by atoms with Crippen LogP contribution in [0.1, 0.15) is 24.3 Å². The minimum Gasteiger partial charge on any atom is -0.481 e. The van der Waals surface area contributed by atoms with Crippen LogP contribution in [0.5, 0.6) is 0 Å². The Hall–Kier alpha value is -0.580. The Morgan fingerprint density at radius 3 is 2.79 bits per heavy atom. The number of carbonyl (C=O) groups is 1. The highest BCUT2D eigenvalue weighted by atomic mass is 35.5. The van der Waals surface area contributed by atoms with Crippen LogP contribution in [-0.4, -0.2) is 11.1 Å². The molecule has 1 aromatic rings. The van der Waals surface area contributed by atoms with Gasteiger partial charge in [0.25, 0.3) is 0 Å². The summed E-state index contributed by atoms with van der Waals surface area (Å²) in [6, 6.07) is 3.37. The normalized spacial score (nSPS) is 15.1. The smallest absolute Gasteiger partial charge is 0.306 e. The highest BCUT2D eigenvalue weighted by molar-refractivity contribution is 7.16. The first-order valence-electron chi connectivity index (χ1n) is 4.24. The van der Waals surface area contributed by atoms with Gasteiger partial charge in [-0.15, -0.1) is 11.3 Å². The summed E-state index contributed by atoms with van der Waals surface area (Å²) in [7, 11) is 0. The molecule has 5 heteroatoms. The third-order valence-corrected chi connectivity index (χ3v) is 3.35. The van der Waals surface area contributed by atoms with E-state index >= 15 is 0 Å². The number of nitrogens with two attached hydrogens (primary N) is 1. The lowest BCUT2D eigenvalue weighted by Crippen LogP contribution is -2.18. The van der Waals surface area contributed by atoms with E-state index in [9.17, 15) is 4.79 Å². The van der Waals surface area contributed by atoms with Crippen LogP contribution in [0.2, 0.25) is 4.34 Å². The molecular weight excluding hydrogens is 222 g/mol. The number of carboxylic acid groups (broad SMARTS) is 1. The van der Waals surface area contributed by atoms with E-state index in [0.717, 1.165) is 4.88 Å². The molecule has 2 unspecified atom stereocenters. The second-order valence-corrected chi connectivity index (χ2v) is 4.97. The van der Waals surface area contributed by atoms with Crippen molar-refractivity contribution in [2.45, 2.75) is 19.4 Å². The molecule has 0 fully saturated rings. The highest BCUT2D eigenvalue weighted by Crippen LogP contribution is 2.28. The molecular formula is C9H12ClNO2S. The first-order chi connectivity index (χ1) is 6.50. The van der Waals surface area contributed by atoms with Gasteiger partial charge in [-0.1, -0.05) is 18.5 Å². The van der Waals surface area contributed by atoms with Crippen molar-refractivity contribution >= 4 is 28.9 Å². The average Bonchev–Trinajstić information content (AvgIpc) is 2.51. The Morgan fingerprint density at radius 2 is 2.36 bits per heavy atom. The molecule has 0 saturated heterocycles. The van der Waals surface area contributed by atoms with E-state index in [-0.39, 0.29) is 6.04 Å². The monoisotopic (exact) mass is 233 g/mol. The Bertz CT molecular complexity index is 326. The minimum atomic E-state index is -0.817. The molecule has 1 aromatic heterocycles. The van der Waals surface area contributed by atoms with E-state index in [1.165, 1.54) is 11.3 Å². The van der Waals surface area contributed by atoms with Crippen LogP contribution < -0.4 is 5.73 Å². The molecule has 3 N–H and O–H groups in total. The van der Waals surface area contributed by atoms with Gasteiger partial charge in [0.15, 0.2) is 0 Å². The maximum absolute atomic E-state index is 10.6. The van der Waals surface area contributed by atoms with Crippen molar-refractivity contribution in [1.29, 1.82) is 0 Å². The van der Waals surface area contributed by atoms with Crippen LogP contribution >= 0.6 is 22.9 Å². The van der Waals surface area contributed by atoms with E-state index in [2.05, 4.69) is 0 Å². The third-order valence-electron chi connectivity index (χ3n) is 1.99. The standard InChI is InChI=1S/C9H12ClNO2S/c1-5(9(12)13)4-6(11)7-2-3-8(10)14-7/h2-3,5-6H,4,11H2,1H3,(H,12,13). The number of hydrogen-bond acceptors (Lipinski definition) is 3. The van der Waals surface area contributed by atoms with Crippen LogP contribution in [-0.2, 0) is 4.79 Å². The van der Waals surface area contributed by atoms with E-state index < -0.39 is 11.9 Å². The van der Waals surface area contributed by atoms with Crippen molar-refractivity contribution < 1.29 is 9.90 Å². The fourth-order valence-corrected chi connectivity index (χ4v) is 2.20. The van der Waals surface area contributed by atoms with E-state index in [1.54, 1.807) is 13.0 Å². The third kappa shape index (κ3) is 2.97. The summed E-state index contributed by atoms with van der Waals surface area (Å²) in [6.07, 6.45) is 0.437. The van der Waals surface area contributed by atoms with E-state index in [1.807, 2.05) is 6.07 Å². The zero-order valence-electron chi connectivity index (χ0n) is 7.74. The van der Waals surface area contributed by atoms with Crippen LogP contribution in [0.15, 0.2) is 12.1 Å². The Morgan fingerprint density at radius 1 is 1.71 bits per heavy atom. The van der Waals surface area contributed by atoms with Gasteiger partial charge in [-0.2, -0.15) is 0 Å². The molecule has 0 radical (unpaired) electrons.